The molecule has 0 spiro atoms. The topological polar surface area (TPSA) is 75.0 Å². The number of benzene rings is 1. The summed E-state index contributed by atoms with van der Waals surface area (Å²) in [5.41, 5.74) is 9.58. The minimum Gasteiger partial charge on any atom is -0.382 e. The van der Waals surface area contributed by atoms with E-state index in [-0.39, 0.29) is 11.7 Å². The number of aryl methyl sites for hydroxylation is 2. The van der Waals surface area contributed by atoms with Gasteiger partial charge in [0, 0.05) is 18.8 Å². The summed E-state index contributed by atoms with van der Waals surface area (Å²) < 4.78 is 0. The van der Waals surface area contributed by atoms with Crippen molar-refractivity contribution < 1.29 is 4.79 Å². The number of H-pyrrole nitrogens is 1. The van der Waals surface area contributed by atoms with Crippen molar-refractivity contribution in [3.63, 3.8) is 0 Å². The predicted octanol–water partition coefficient (Wildman–Crippen LogP) is 1.89. The van der Waals surface area contributed by atoms with Gasteiger partial charge in [0.15, 0.2) is 5.82 Å². The first-order valence-electron chi connectivity index (χ1n) is 6.83. The van der Waals surface area contributed by atoms with Crippen LogP contribution in [0.5, 0.6) is 0 Å². The molecule has 1 aliphatic heterocycles. The number of fused-ring (bicyclic) bond motifs is 1. The smallest absolute Gasteiger partial charge is 0.259 e. The van der Waals surface area contributed by atoms with Crippen LogP contribution in [0.1, 0.15) is 33.6 Å². The molecule has 2 heterocycles. The fourth-order valence-corrected chi connectivity index (χ4v) is 2.75. The lowest BCUT2D eigenvalue weighted by Gasteiger charge is -2.21. The van der Waals surface area contributed by atoms with Crippen molar-refractivity contribution in [2.45, 2.75) is 26.3 Å². The number of hydrogen-bond acceptors (Lipinski definition) is 3. The third-order valence-electron chi connectivity index (χ3n) is 3.83. The maximum atomic E-state index is 12.7. The van der Waals surface area contributed by atoms with E-state index in [4.69, 9.17) is 5.73 Å². The SMILES string of the molecule is Cc1[nH]nc(N)c1C(=O)N1CCCc2ccccc2C1. The predicted molar refractivity (Wildman–Crippen MR) is 77.2 cm³/mol. The Hall–Kier alpha value is -2.30. The van der Waals surface area contributed by atoms with Gasteiger partial charge in [-0.2, -0.15) is 5.10 Å². The summed E-state index contributed by atoms with van der Waals surface area (Å²) in [4.78, 5) is 14.5. The number of nitrogen functional groups attached to an aromatic ring is 1. The third kappa shape index (κ3) is 2.15. The fourth-order valence-electron chi connectivity index (χ4n) is 2.75. The van der Waals surface area contributed by atoms with Crippen molar-refractivity contribution in [3.8, 4) is 0 Å². The van der Waals surface area contributed by atoms with Crippen LogP contribution in [0.15, 0.2) is 24.3 Å². The largest absolute Gasteiger partial charge is 0.382 e. The van der Waals surface area contributed by atoms with Gasteiger partial charge in [0.05, 0.1) is 0 Å². The number of nitrogens with one attached hydrogen (secondary N) is 1. The van der Waals surface area contributed by atoms with Gasteiger partial charge in [-0.25, -0.2) is 0 Å². The highest BCUT2D eigenvalue weighted by Crippen LogP contribution is 2.22. The molecule has 0 unspecified atom stereocenters. The van der Waals surface area contributed by atoms with E-state index in [0.29, 0.717) is 12.1 Å². The van der Waals surface area contributed by atoms with Crippen molar-refractivity contribution in [2.24, 2.45) is 0 Å². The Morgan fingerprint density at radius 3 is 2.80 bits per heavy atom. The Morgan fingerprint density at radius 2 is 2.10 bits per heavy atom. The van der Waals surface area contributed by atoms with Crippen LogP contribution in [0.3, 0.4) is 0 Å². The lowest BCUT2D eigenvalue weighted by molar-refractivity contribution is 0.0746. The van der Waals surface area contributed by atoms with Crippen molar-refractivity contribution in [3.05, 3.63) is 46.6 Å². The number of hydrogen-bond donors (Lipinski definition) is 2. The number of rotatable bonds is 1. The van der Waals surface area contributed by atoms with Gasteiger partial charge in [-0.3, -0.25) is 9.89 Å². The lowest BCUT2D eigenvalue weighted by Crippen LogP contribution is -2.31. The van der Waals surface area contributed by atoms with Crippen LogP contribution in [0.25, 0.3) is 0 Å². The first kappa shape index (κ1) is 12.7. The van der Waals surface area contributed by atoms with E-state index >= 15 is 0 Å². The summed E-state index contributed by atoms with van der Waals surface area (Å²) in [6, 6.07) is 8.30. The Bertz CT molecular complexity index is 628. The Kier molecular flexibility index (Phi) is 3.18. The molecule has 5 heteroatoms. The third-order valence-corrected chi connectivity index (χ3v) is 3.83. The zero-order valence-electron chi connectivity index (χ0n) is 11.5. The minimum atomic E-state index is -0.0366. The van der Waals surface area contributed by atoms with Crippen LogP contribution >= 0.6 is 0 Å². The number of anilines is 1. The molecule has 1 aromatic carbocycles. The molecule has 1 amide bonds. The summed E-state index contributed by atoms with van der Waals surface area (Å²) in [6.45, 7) is 3.21. The molecule has 20 heavy (non-hydrogen) atoms. The normalized spacial score (nSPS) is 14.8. The van der Waals surface area contributed by atoms with Crippen molar-refractivity contribution >= 4 is 11.7 Å². The molecule has 3 rings (SSSR count). The van der Waals surface area contributed by atoms with Gasteiger partial charge in [0.25, 0.3) is 5.91 Å². The number of aromatic amines is 1. The molecule has 0 atom stereocenters. The van der Waals surface area contributed by atoms with Crippen molar-refractivity contribution in [1.82, 2.24) is 15.1 Å². The van der Waals surface area contributed by atoms with E-state index in [1.54, 1.807) is 0 Å². The number of amides is 1. The van der Waals surface area contributed by atoms with Gasteiger partial charge in [-0.15, -0.1) is 0 Å². The highest BCUT2D eigenvalue weighted by molar-refractivity contribution is 5.99. The Labute approximate surface area is 117 Å². The van der Waals surface area contributed by atoms with Crippen molar-refractivity contribution in [2.75, 3.05) is 12.3 Å². The summed E-state index contributed by atoms with van der Waals surface area (Å²) in [7, 11) is 0. The van der Waals surface area contributed by atoms with Crippen LogP contribution in [0.2, 0.25) is 0 Å². The summed E-state index contributed by atoms with van der Waals surface area (Å²) in [6.07, 6.45) is 1.99. The average molecular weight is 270 g/mol. The number of carbonyl (C=O) groups excluding carboxylic acids is 1. The molecule has 0 saturated carbocycles. The second-order valence-corrected chi connectivity index (χ2v) is 5.21. The van der Waals surface area contributed by atoms with Crippen LogP contribution in [-0.2, 0) is 13.0 Å². The lowest BCUT2D eigenvalue weighted by atomic mass is 10.0. The maximum Gasteiger partial charge on any atom is 0.259 e. The van der Waals surface area contributed by atoms with Gasteiger partial charge in [0.2, 0.25) is 0 Å². The molecule has 1 aromatic heterocycles. The number of aromatic nitrogens is 2. The Balaban J connectivity index is 1.90. The molecule has 0 bridgehead atoms. The van der Waals surface area contributed by atoms with Crippen LogP contribution < -0.4 is 5.73 Å². The molecule has 0 saturated heterocycles. The zero-order valence-corrected chi connectivity index (χ0v) is 11.5. The number of carbonyl (C=O) groups is 1. The second kappa shape index (κ2) is 5.00. The van der Waals surface area contributed by atoms with Gasteiger partial charge < -0.3 is 10.6 Å². The summed E-state index contributed by atoms with van der Waals surface area (Å²) in [5, 5.41) is 6.67. The highest BCUT2D eigenvalue weighted by atomic mass is 16.2. The molecular formula is C15H18N4O. The van der Waals surface area contributed by atoms with Crippen LogP contribution in [0, 0.1) is 6.92 Å². The molecule has 104 valence electrons. The summed E-state index contributed by atoms with van der Waals surface area (Å²) >= 11 is 0. The van der Waals surface area contributed by atoms with Crippen LogP contribution in [0.4, 0.5) is 5.82 Å². The van der Waals surface area contributed by atoms with Crippen molar-refractivity contribution in [1.29, 1.82) is 0 Å². The number of nitrogens with two attached hydrogens (primary N) is 1. The average Bonchev–Trinajstić information content (AvgIpc) is 2.66. The first-order chi connectivity index (χ1) is 9.66. The monoisotopic (exact) mass is 270 g/mol. The highest BCUT2D eigenvalue weighted by Gasteiger charge is 2.24. The molecule has 3 N–H and O–H groups in total. The molecule has 0 fully saturated rings. The number of nitrogens with zero attached hydrogens (tertiary/aromatic N) is 2. The van der Waals surface area contributed by atoms with Gasteiger partial charge in [-0.05, 0) is 30.9 Å². The minimum absolute atomic E-state index is 0.0366. The van der Waals surface area contributed by atoms with E-state index in [1.165, 1.54) is 11.1 Å². The van der Waals surface area contributed by atoms with E-state index in [0.717, 1.165) is 25.1 Å². The zero-order chi connectivity index (χ0) is 14.1. The second-order valence-electron chi connectivity index (χ2n) is 5.21. The molecule has 0 aliphatic carbocycles. The Morgan fingerprint density at radius 1 is 1.35 bits per heavy atom. The molecular weight excluding hydrogens is 252 g/mol. The van der Waals surface area contributed by atoms with Gasteiger partial charge in [-0.1, -0.05) is 24.3 Å². The maximum absolute atomic E-state index is 12.7. The molecule has 2 aromatic rings. The van der Waals surface area contributed by atoms with Crippen LogP contribution in [-0.4, -0.2) is 27.5 Å². The van der Waals surface area contributed by atoms with E-state index < -0.39 is 0 Å². The standard InChI is InChI=1S/C15H18N4O/c1-10-13(14(16)18-17-10)15(20)19-8-4-7-11-5-2-3-6-12(11)9-19/h2-3,5-6H,4,7-9H2,1H3,(H3,16,17,18). The first-order valence-corrected chi connectivity index (χ1v) is 6.83. The van der Waals surface area contributed by atoms with E-state index in [1.807, 2.05) is 17.9 Å². The fraction of sp³-hybridized carbons (Fsp3) is 0.333. The summed E-state index contributed by atoms with van der Waals surface area (Å²) in [5.74, 6) is 0.246. The molecule has 0 radical (unpaired) electrons. The van der Waals surface area contributed by atoms with Gasteiger partial charge >= 0.3 is 0 Å². The van der Waals surface area contributed by atoms with E-state index in [9.17, 15) is 4.79 Å². The van der Waals surface area contributed by atoms with Gasteiger partial charge in [0.1, 0.15) is 5.56 Å². The molecule has 5 nitrogen and oxygen atoms in total. The molecule has 1 aliphatic rings. The van der Waals surface area contributed by atoms with E-state index in [2.05, 4.69) is 28.4 Å². The quantitative estimate of drug-likeness (QED) is 0.831.